The highest BCUT2D eigenvalue weighted by Gasteiger charge is 2.21. The normalized spacial score (nSPS) is 15.8. The molecule has 1 aliphatic carbocycles. The van der Waals surface area contributed by atoms with Crippen LogP contribution < -0.4 is 9.47 Å². The maximum Gasteiger partial charge on any atom is 0.179 e. The zero-order valence-electron chi connectivity index (χ0n) is 19.0. The van der Waals surface area contributed by atoms with Gasteiger partial charge < -0.3 is 14.6 Å². The fourth-order valence-corrected chi connectivity index (χ4v) is 5.27. The molecule has 0 saturated heterocycles. The van der Waals surface area contributed by atoms with Gasteiger partial charge in [-0.15, -0.1) is 11.3 Å². The summed E-state index contributed by atoms with van der Waals surface area (Å²) in [7, 11) is 0. The molecule has 0 saturated carbocycles. The van der Waals surface area contributed by atoms with E-state index in [2.05, 4.69) is 9.97 Å². The molecule has 6 nitrogen and oxygen atoms in total. The molecule has 0 unspecified atom stereocenters. The Hall–Kier alpha value is -3.71. The van der Waals surface area contributed by atoms with Crippen molar-refractivity contribution in [2.24, 2.45) is 0 Å². The number of rotatable bonds is 5. The van der Waals surface area contributed by atoms with E-state index >= 15 is 0 Å². The maximum atomic E-state index is 11.9. The zero-order valence-corrected chi connectivity index (χ0v) is 19.8. The number of Topliss-reactive ketones (excluding diaryl/α,β-unsaturated/α-hetero) is 1. The van der Waals surface area contributed by atoms with Gasteiger partial charge in [0.15, 0.2) is 17.3 Å². The van der Waals surface area contributed by atoms with Gasteiger partial charge in [0.2, 0.25) is 0 Å². The van der Waals surface area contributed by atoms with Crippen molar-refractivity contribution in [3.05, 3.63) is 76.7 Å². The van der Waals surface area contributed by atoms with Gasteiger partial charge in [0, 0.05) is 17.8 Å². The van der Waals surface area contributed by atoms with Crippen LogP contribution in [0.3, 0.4) is 0 Å². The summed E-state index contributed by atoms with van der Waals surface area (Å²) in [6.07, 6.45) is 8.98. The van der Waals surface area contributed by atoms with Crippen molar-refractivity contribution in [1.82, 2.24) is 9.97 Å². The van der Waals surface area contributed by atoms with Gasteiger partial charge in [-0.2, -0.15) is 0 Å². The average Bonchev–Trinajstić information content (AvgIpc) is 3.29. The van der Waals surface area contributed by atoms with Crippen LogP contribution in [0, 0.1) is 0 Å². The second kappa shape index (κ2) is 9.27. The molecule has 0 radical (unpaired) electrons. The molecule has 0 amide bonds. The standard InChI is InChI=1S/C27H24N2O4S/c1-16(30)25(17(2)31)19-5-3-18(4-6-19)20-7-9-28-22(13-20)23-14-21(8-10-29-23)27-26-24(15-34-27)32-11-12-33-26/h3,5,7-10,13-15,30H,4,6,11-12H2,1-2H3/b25-16+. The van der Waals surface area contributed by atoms with E-state index in [4.69, 9.17) is 9.47 Å². The van der Waals surface area contributed by atoms with Gasteiger partial charge in [-0.05, 0) is 73.2 Å². The maximum absolute atomic E-state index is 11.9. The van der Waals surface area contributed by atoms with Gasteiger partial charge >= 0.3 is 0 Å². The van der Waals surface area contributed by atoms with Crippen LogP contribution in [-0.4, -0.2) is 34.1 Å². The van der Waals surface area contributed by atoms with Crippen LogP contribution in [0.4, 0.5) is 0 Å². The Labute approximate surface area is 201 Å². The number of pyridine rings is 2. The first-order valence-electron chi connectivity index (χ1n) is 11.1. The van der Waals surface area contributed by atoms with E-state index in [9.17, 15) is 9.90 Å². The fourth-order valence-electron chi connectivity index (χ4n) is 4.34. The number of carbonyl (C=O) groups is 1. The molecule has 5 rings (SSSR count). The summed E-state index contributed by atoms with van der Waals surface area (Å²) in [6, 6.07) is 8.02. The number of hydrogen-bond acceptors (Lipinski definition) is 7. The van der Waals surface area contributed by atoms with E-state index < -0.39 is 0 Å². The topological polar surface area (TPSA) is 81.5 Å². The predicted octanol–water partition coefficient (Wildman–Crippen LogP) is 6.17. The second-order valence-corrected chi connectivity index (χ2v) is 9.09. The van der Waals surface area contributed by atoms with Crippen molar-refractivity contribution < 1.29 is 19.4 Å². The van der Waals surface area contributed by atoms with E-state index in [1.165, 1.54) is 6.92 Å². The molecule has 0 aromatic carbocycles. The number of aliphatic hydroxyl groups is 1. The van der Waals surface area contributed by atoms with Crippen molar-refractivity contribution in [1.29, 1.82) is 0 Å². The van der Waals surface area contributed by atoms with Gasteiger partial charge in [-0.1, -0.05) is 12.2 Å². The minimum atomic E-state index is -0.121. The predicted molar refractivity (Wildman–Crippen MR) is 133 cm³/mol. The number of ketones is 1. The molecule has 172 valence electrons. The lowest BCUT2D eigenvalue weighted by atomic mass is 9.88. The molecule has 34 heavy (non-hydrogen) atoms. The highest BCUT2D eigenvalue weighted by molar-refractivity contribution is 7.14. The number of ether oxygens (including phenoxy) is 2. The first-order chi connectivity index (χ1) is 16.5. The summed E-state index contributed by atoms with van der Waals surface area (Å²) >= 11 is 1.60. The van der Waals surface area contributed by atoms with Crippen molar-refractivity contribution in [3.8, 4) is 33.3 Å². The second-order valence-electron chi connectivity index (χ2n) is 8.22. The molecule has 7 heteroatoms. The van der Waals surface area contributed by atoms with Gasteiger partial charge in [0.05, 0.1) is 21.8 Å². The van der Waals surface area contributed by atoms with Crippen LogP contribution in [0.5, 0.6) is 11.5 Å². The highest BCUT2D eigenvalue weighted by atomic mass is 32.1. The molecule has 1 aliphatic heterocycles. The number of fused-ring (bicyclic) bond motifs is 1. The fraction of sp³-hybridized carbons (Fsp3) is 0.222. The number of thiophene rings is 1. The Kier molecular flexibility index (Phi) is 6.02. The zero-order chi connectivity index (χ0) is 23.7. The largest absolute Gasteiger partial charge is 0.512 e. The minimum absolute atomic E-state index is 0.0664. The summed E-state index contributed by atoms with van der Waals surface area (Å²) in [5, 5.41) is 11.9. The van der Waals surface area contributed by atoms with Crippen LogP contribution in [0.2, 0.25) is 0 Å². The van der Waals surface area contributed by atoms with E-state index in [1.807, 2.05) is 41.8 Å². The number of allylic oxidation sites excluding steroid dienone is 6. The number of aliphatic hydroxyl groups excluding tert-OH is 1. The third-order valence-corrected chi connectivity index (χ3v) is 6.89. The highest BCUT2D eigenvalue weighted by Crippen LogP contribution is 2.45. The number of nitrogens with zero attached hydrogens (tertiary/aromatic N) is 2. The minimum Gasteiger partial charge on any atom is -0.512 e. The van der Waals surface area contributed by atoms with Crippen molar-refractivity contribution in [2.45, 2.75) is 26.7 Å². The molecule has 0 spiro atoms. The third kappa shape index (κ3) is 4.26. The Morgan fingerprint density at radius 2 is 1.68 bits per heavy atom. The Bertz CT molecular complexity index is 1360. The lowest BCUT2D eigenvalue weighted by Crippen LogP contribution is -2.14. The Morgan fingerprint density at radius 3 is 2.35 bits per heavy atom. The average molecular weight is 473 g/mol. The lowest BCUT2D eigenvalue weighted by Gasteiger charge is -2.17. The van der Waals surface area contributed by atoms with Crippen LogP contribution in [0.25, 0.3) is 27.4 Å². The number of carbonyl (C=O) groups excluding carboxylic acids is 1. The van der Waals surface area contributed by atoms with E-state index in [-0.39, 0.29) is 11.5 Å². The van der Waals surface area contributed by atoms with Crippen molar-refractivity contribution in [2.75, 3.05) is 13.2 Å². The number of hydrogen-bond donors (Lipinski definition) is 1. The lowest BCUT2D eigenvalue weighted by molar-refractivity contribution is -0.113. The molecule has 3 aromatic rings. The van der Waals surface area contributed by atoms with E-state index in [0.717, 1.165) is 56.5 Å². The van der Waals surface area contributed by atoms with Gasteiger partial charge in [-0.25, -0.2) is 0 Å². The van der Waals surface area contributed by atoms with Gasteiger partial charge in [0.1, 0.15) is 19.0 Å². The Morgan fingerprint density at radius 1 is 0.971 bits per heavy atom. The monoisotopic (exact) mass is 472 g/mol. The molecular weight excluding hydrogens is 448 g/mol. The molecule has 3 aromatic heterocycles. The molecule has 0 bridgehead atoms. The SMILES string of the molecule is CC(=O)/C(C1=CC=C(c2ccnc(-c3cc(-c4scc5c4OCCO5)ccn3)c2)CC1)=C(/C)O. The molecule has 0 fully saturated rings. The summed E-state index contributed by atoms with van der Waals surface area (Å²) in [6.45, 7) is 4.15. The van der Waals surface area contributed by atoms with E-state index in [1.54, 1.807) is 30.7 Å². The van der Waals surface area contributed by atoms with E-state index in [0.29, 0.717) is 25.2 Å². The van der Waals surface area contributed by atoms with Gasteiger partial charge in [-0.3, -0.25) is 14.8 Å². The first-order valence-corrected chi connectivity index (χ1v) is 12.0. The van der Waals surface area contributed by atoms with Crippen LogP contribution in [0.15, 0.2) is 71.1 Å². The first kappa shape index (κ1) is 22.1. The van der Waals surface area contributed by atoms with Crippen LogP contribution in [0.1, 0.15) is 32.3 Å². The molecule has 0 atom stereocenters. The molecular formula is C27H24N2O4S. The third-order valence-electron chi connectivity index (χ3n) is 5.90. The van der Waals surface area contributed by atoms with Crippen LogP contribution >= 0.6 is 11.3 Å². The summed E-state index contributed by atoms with van der Waals surface area (Å²) in [5.74, 6) is 1.53. The van der Waals surface area contributed by atoms with Crippen molar-refractivity contribution in [3.63, 3.8) is 0 Å². The van der Waals surface area contributed by atoms with Crippen molar-refractivity contribution >= 4 is 22.7 Å². The van der Waals surface area contributed by atoms with Crippen LogP contribution in [-0.2, 0) is 4.79 Å². The quantitative estimate of drug-likeness (QED) is 0.353. The Balaban J connectivity index is 1.45. The summed E-state index contributed by atoms with van der Waals surface area (Å²) in [4.78, 5) is 22.1. The summed E-state index contributed by atoms with van der Waals surface area (Å²) in [5.41, 5.74) is 6.08. The molecule has 1 N–H and O–H groups in total. The molecule has 2 aliphatic rings. The smallest absolute Gasteiger partial charge is 0.179 e. The molecule has 4 heterocycles. The van der Waals surface area contributed by atoms with Gasteiger partial charge in [0.25, 0.3) is 0 Å². The summed E-state index contributed by atoms with van der Waals surface area (Å²) < 4.78 is 11.5. The number of aromatic nitrogens is 2.